The van der Waals surface area contributed by atoms with E-state index < -0.39 is 0 Å². The lowest BCUT2D eigenvalue weighted by atomic mass is 9.66. The van der Waals surface area contributed by atoms with Crippen molar-refractivity contribution < 1.29 is 0 Å². The van der Waals surface area contributed by atoms with Gasteiger partial charge in [-0.05, 0) is 30.4 Å². The minimum absolute atomic E-state index is 0.265. The van der Waals surface area contributed by atoms with Crippen LogP contribution in [-0.2, 0) is 0 Å². The van der Waals surface area contributed by atoms with Gasteiger partial charge >= 0.3 is 0 Å². The molecule has 98 valence electrons. The smallest absolute Gasteiger partial charge is 0.0272 e. The zero-order chi connectivity index (χ0) is 12.8. The molecule has 2 heteroatoms. The van der Waals surface area contributed by atoms with Crippen molar-refractivity contribution in [3.05, 3.63) is 35.9 Å². The summed E-state index contributed by atoms with van der Waals surface area (Å²) < 4.78 is 0. The van der Waals surface area contributed by atoms with Crippen LogP contribution in [0.25, 0.3) is 0 Å². The van der Waals surface area contributed by atoms with Gasteiger partial charge in [0.15, 0.2) is 0 Å². The van der Waals surface area contributed by atoms with Crippen LogP contribution in [0.3, 0.4) is 0 Å². The second kappa shape index (κ2) is 4.36. The summed E-state index contributed by atoms with van der Waals surface area (Å²) >= 11 is 0. The molecule has 3 unspecified atom stereocenters. The Morgan fingerprint density at radius 3 is 2.67 bits per heavy atom. The Balaban J connectivity index is 1.96. The summed E-state index contributed by atoms with van der Waals surface area (Å²) in [6, 6.07) is 11.7. The van der Waals surface area contributed by atoms with E-state index >= 15 is 0 Å². The maximum absolute atomic E-state index is 6.63. The zero-order valence-electron chi connectivity index (χ0n) is 11.5. The molecule has 3 rings (SSSR count). The SMILES string of the molecule is CC1(C)CN2CCCC2C(N)C1c1ccccc1. The molecule has 1 aromatic carbocycles. The van der Waals surface area contributed by atoms with E-state index in [1.54, 1.807) is 0 Å². The Labute approximate surface area is 110 Å². The van der Waals surface area contributed by atoms with Crippen molar-refractivity contribution in [3.8, 4) is 0 Å². The number of hydrogen-bond acceptors (Lipinski definition) is 2. The second-order valence-corrected chi connectivity index (χ2v) is 6.63. The highest BCUT2D eigenvalue weighted by Crippen LogP contribution is 2.46. The third-order valence-electron chi connectivity index (χ3n) is 4.85. The van der Waals surface area contributed by atoms with Gasteiger partial charge < -0.3 is 5.73 Å². The lowest BCUT2D eigenvalue weighted by molar-refractivity contribution is 0.0519. The quantitative estimate of drug-likeness (QED) is 0.823. The highest BCUT2D eigenvalue weighted by atomic mass is 15.2. The van der Waals surface area contributed by atoms with E-state index in [4.69, 9.17) is 5.73 Å². The lowest BCUT2D eigenvalue weighted by Crippen LogP contribution is -2.59. The molecule has 0 bridgehead atoms. The summed E-state index contributed by atoms with van der Waals surface area (Å²) in [5.41, 5.74) is 8.31. The standard InChI is InChI=1S/C16H24N2/c1-16(2)11-18-10-6-9-13(18)15(17)14(16)12-7-4-3-5-8-12/h3-5,7-8,13-15H,6,9-11,17H2,1-2H3. The molecule has 1 aromatic rings. The molecule has 2 heterocycles. The fourth-order valence-corrected chi connectivity index (χ4v) is 4.18. The number of nitrogens with two attached hydrogens (primary N) is 1. The van der Waals surface area contributed by atoms with E-state index in [9.17, 15) is 0 Å². The van der Waals surface area contributed by atoms with Crippen LogP contribution in [0.1, 0.15) is 38.2 Å². The first-order chi connectivity index (χ1) is 8.59. The molecule has 0 amide bonds. The Hall–Kier alpha value is -0.860. The van der Waals surface area contributed by atoms with Crippen molar-refractivity contribution in [3.63, 3.8) is 0 Å². The van der Waals surface area contributed by atoms with Crippen LogP contribution in [0.2, 0.25) is 0 Å². The molecule has 18 heavy (non-hydrogen) atoms. The second-order valence-electron chi connectivity index (χ2n) is 6.63. The molecule has 2 aliphatic heterocycles. The highest BCUT2D eigenvalue weighted by Gasteiger charge is 2.47. The van der Waals surface area contributed by atoms with Gasteiger partial charge in [-0.1, -0.05) is 44.2 Å². The number of fused-ring (bicyclic) bond motifs is 1. The van der Waals surface area contributed by atoms with Gasteiger partial charge in [0, 0.05) is 24.5 Å². The van der Waals surface area contributed by atoms with Gasteiger partial charge in [0.25, 0.3) is 0 Å². The van der Waals surface area contributed by atoms with E-state index in [-0.39, 0.29) is 11.5 Å². The summed E-state index contributed by atoms with van der Waals surface area (Å²) in [6.07, 6.45) is 2.59. The summed E-state index contributed by atoms with van der Waals surface area (Å²) in [5.74, 6) is 0.484. The van der Waals surface area contributed by atoms with Crippen LogP contribution in [0.15, 0.2) is 30.3 Å². The first-order valence-corrected chi connectivity index (χ1v) is 7.14. The van der Waals surface area contributed by atoms with Crippen molar-refractivity contribution in [2.75, 3.05) is 13.1 Å². The fourth-order valence-electron chi connectivity index (χ4n) is 4.18. The summed E-state index contributed by atoms with van der Waals surface area (Å²) in [7, 11) is 0. The van der Waals surface area contributed by atoms with Crippen LogP contribution in [0, 0.1) is 5.41 Å². The average Bonchev–Trinajstić information content (AvgIpc) is 2.77. The van der Waals surface area contributed by atoms with Gasteiger partial charge in [0.05, 0.1) is 0 Å². The van der Waals surface area contributed by atoms with E-state index in [1.807, 2.05) is 0 Å². The van der Waals surface area contributed by atoms with Crippen molar-refractivity contribution in [2.45, 2.75) is 44.7 Å². The molecule has 0 aromatic heterocycles. The van der Waals surface area contributed by atoms with E-state index in [0.717, 1.165) is 0 Å². The van der Waals surface area contributed by atoms with Crippen LogP contribution >= 0.6 is 0 Å². The minimum atomic E-state index is 0.265. The highest BCUT2D eigenvalue weighted by molar-refractivity contribution is 5.26. The van der Waals surface area contributed by atoms with Crippen molar-refractivity contribution in [1.29, 1.82) is 0 Å². The Morgan fingerprint density at radius 1 is 1.22 bits per heavy atom. The summed E-state index contributed by atoms with van der Waals surface area (Å²) in [6.45, 7) is 7.17. The Bertz CT molecular complexity index is 412. The summed E-state index contributed by atoms with van der Waals surface area (Å²) in [4.78, 5) is 2.62. The zero-order valence-corrected chi connectivity index (χ0v) is 11.5. The van der Waals surface area contributed by atoms with Gasteiger partial charge in [-0.2, -0.15) is 0 Å². The molecule has 2 nitrogen and oxygen atoms in total. The van der Waals surface area contributed by atoms with Crippen LogP contribution in [0.5, 0.6) is 0 Å². The normalized spacial score (nSPS) is 35.4. The minimum Gasteiger partial charge on any atom is -0.326 e. The number of benzene rings is 1. The van der Waals surface area contributed by atoms with E-state index in [1.165, 1.54) is 31.5 Å². The molecule has 0 saturated carbocycles. The number of hydrogen-bond donors (Lipinski definition) is 1. The van der Waals surface area contributed by atoms with Crippen molar-refractivity contribution >= 4 is 0 Å². The molecule has 0 radical (unpaired) electrons. The molecule has 2 aliphatic rings. The number of nitrogens with zero attached hydrogens (tertiary/aromatic N) is 1. The monoisotopic (exact) mass is 244 g/mol. The van der Waals surface area contributed by atoms with Gasteiger partial charge in [-0.15, -0.1) is 0 Å². The first-order valence-electron chi connectivity index (χ1n) is 7.14. The topological polar surface area (TPSA) is 29.3 Å². The van der Waals surface area contributed by atoms with Crippen LogP contribution in [-0.4, -0.2) is 30.1 Å². The maximum Gasteiger partial charge on any atom is 0.0272 e. The van der Waals surface area contributed by atoms with E-state index in [2.05, 4.69) is 49.1 Å². The maximum atomic E-state index is 6.63. The third-order valence-corrected chi connectivity index (χ3v) is 4.85. The molecular weight excluding hydrogens is 220 g/mol. The molecule has 2 saturated heterocycles. The summed E-state index contributed by atoms with van der Waals surface area (Å²) in [5, 5.41) is 0. The number of piperidine rings is 1. The largest absolute Gasteiger partial charge is 0.326 e. The van der Waals surface area contributed by atoms with Gasteiger partial charge in [0.1, 0.15) is 0 Å². The predicted molar refractivity (Wildman–Crippen MR) is 75.5 cm³/mol. The molecule has 2 N–H and O–H groups in total. The van der Waals surface area contributed by atoms with Gasteiger partial charge in [-0.25, -0.2) is 0 Å². The van der Waals surface area contributed by atoms with Gasteiger partial charge in [-0.3, -0.25) is 4.90 Å². The fraction of sp³-hybridized carbons (Fsp3) is 0.625. The number of rotatable bonds is 1. The molecule has 2 fully saturated rings. The van der Waals surface area contributed by atoms with Crippen LogP contribution < -0.4 is 5.73 Å². The molecule has 3 atom stereocenters. The first kappa shape index (κ1) is 12.2. The van der Waals surface area contributed by atoms with E-state index in [0.29, 0.717) is 12.0 Å². The van der Waals surface area contributed by atoms with Gasteiger partial charge in [0.2, 0.25) is 0 Å². The van der Waals surface area contributed by atoms with Crippen LogP contribution in [0.4, 0.5) is 0 Å². The molecule has 0 aliphatic carbocycles. The molecular formula is C16H24N2. The third kappa shape index (κ3) is 1.88. The predicted octanol–water partition coefficient (Wildman–Crippen LogP) is 2.60. The Kier molecular flexibility index (Phi) is 2.95. The average molecular weight is 244 g/mol. The lowest BCUT2D eigenvalue weighted by Gasteiger charge is -2.50. The van der Waals surface area contributed by atoms with Crippen molar-refractivity contribution in [2.24, 2.45) is 11.1 Å². The Morgan fingerprint density at radius 2 is 1.94 bits per heavy atom. The van der Waals surface area contributed by atoms with Crippen molar-refractivity contribution in [1.82, 2.24) is 4.90 Å². The molecule has 0 spiro atoms.